The molecule has 0 aromatic heterocycles. The fourth-order valence-corrected chi connectivity index (χ4v) is 3.09. The number of rotatable bonds is 4. The highest BCUT2D eigenvalue weighted by Crippen LogP contribution is 2.31. The molecule has 2 aliphatic rings. The first-order chi connectivity index (χ1) is 10.8. The van der Waals surface area contributed by atoms with Gasteiger partial charge in [-0.1, -0.05) is 12.1 Å². The predicted octanol–water partition coefficient (Wildman–Crippen LogP) is 2.20. The Balaban J connectivity index is 1.55. The van der Waals surface area contributed by atoms with Gasteiger partial charge in [0.05, 0.1) is 5.69 Å². The first-order valence-corrected chi connectivity index (χ1v) is 8.06. The highest BCUT2D eigenvalue weighted by Gasteiger charge is 2.25. The van der Waals surface area contributed by atoms with Gasteiger partial charge in [-0.05, 0) is 37.8 Å². The van der Waals surface area contributed by atoms with E-state index in [2.05, 4.69) is 0 Å². The molecule has 0 bridgehead atoms. The molecule has 0 spiro atoms. The van der Waals surface area contributed by atoms with E-state index in [-0.39, 0.29) is 18.4 Å². The maximum absolute atomic E-state index is 12.2. The maximum Gasteiger partial charge on any atom is 0.265 e. The summed E-state index contributed by atoms with van der Waals surface area (Å²) >= 11 is 0. The number of fused-ring (bicyclic) bond motifs is 1. The van der Waals surface area contributed by atoms with E-state index in [9.17, 15) is 9.59 Å². The molecule has 2 heterocycles. The van der Waals surface area contributed by atoms with Crippen molar-refractivity contribution in [2.75, 3.05) is 31.1 Å². The third kappa shape index (κ3) is 3.24. The zero-order chi connectivity index (χ0) is 15.4. The summed E-state index contributed by atoms with van der Waals surface area (Å²) in [6.07, 6.45) is 4.65. The molecule has 22 heavy (non-hydrogen) atoms. The number of piperidine rings is 1. The van der Waals surface area contributed by atoms with Crippen molar-refractivity contribution < 1.29 is 14.3 Å². The standard InChI is InChI=1S/C17H22N2O3/c20-16(18-10-4-1-5-11-18)9-6-12-19-14-7-2-3-8-15(14)22-13-17(19)21/h2-3,7-8H,1,4-6,9-13H2. The van der Waals surface area contributed by atoms with E-state index in [1.54, 1.807) is 4.90 Å². The van der Waals surface area contributed by atoms with Crippen molar-refractivity contribution in [3.8, 4) is 5.75 Å². The molecule has 0 radical (unpaired) electrons. The van der Waals surface area contributed by atoms with Crippen LogP contribution in [0.15, 0.2) is 24.3 Å². The molecule has 0 atom stereocenters. The van der Waals surface area contributed by atoms with E-state index in [1.165, 1.54) is 6.42 Å². The minimum absolute atomic E-state index is 0.0379. The van der Waals surface area contributed by atoms with Crippen LogP contribution in [0.2, 0.25) is 0 Å². The number of carbonyl (C=O) groups excluding carboxylic acids is 2. The van der Waals surface area contributed by atoms with Crippen molar-refractivity contribution in [3.63, 3.8) is 0 Å². The molecule has 0 saturated carbocycles. The Hall–Kier alpha value is -2.04. The molecule has 5 nitrogen and oxygen atoms in total. The largest absolute Gasteiger partial charge is 0.482 e. The number of anilines is 1. The van der Waals surface area contributed by atoms with Gasteiger partial charge in [0, 0.05) is 26.1 Å². The van der Waals surface area contributed by atoms with Gasteiger partial charge in [-0.15, -0.1) is 0 Å². The van der Waals surface area contributed by atoms with E-state index in [1.807, 2.05) is 29.2 Å². The lowest BCUT2D eigenvalue weighted by atomic mass is 10.1. The molecular weight excluding hydrogens is 280 g/mol. The fourth-order valence-electron chi connectivity index (χ4n) is 3.09. The van der Waals surface area contributed by atoms with Gasteiger partial charge >= 0.3 is 0 Å². The minimum atomic E-state index is -0.0379. The summed E-state index contributed by atoms with van der Waals surface area (Å²) in [7, 11) is 0. The van der Waals surface area contributed by atoms with E-state index in [0.29, 0.717) is 19.4 Å². The highest BCUT2D eigenvalue weighted by molar-refractivity contribution is 5.97. The number of nitrogens with zero attached hydrogens (tertiary/aromatic N) is 2. The molecular formula is C17H22N2O3. The second kappa shape index (κ2) is 6.81. The topological polar surface area (TPSA) is 49.9 Å². The van der Waals surface area contributed by atoms with Crippen LogP contribution in [0.1, 0.15) is 32.1 Å². The number of carbonyl (C=O) groups is 2. The summed E-state index contributed by atoms with van der Waals surface area (Å²) in [5.41, 5.74) is 0.809. The number of amides is 2. The zero-order valence-corrected chi connectivity index (χ0v) is 12.8. The number of hydrogen-bond acceptors (Lipinski definition) is 3. The van der Waals surface area contributed by atoms with Crippen LogP contribution in [-0.2, 0) is 9.59 Å². The second-order valence-electron chi connectivity index (χ2n) is 5.85. The summed E-state index contributed by atoms with van der Waals surface area (Å²) in [6, 6.07) is 7.55. The van der Waals surface area contributed by atoms with E-state index in [4.69, 9.17) is 4.74 Å². The van der Waals surface area contributed by atoms with Gasteiger partial charge in [0.2, 0.25) is 5.91 Å². The summed E-state index contributed by atoms with van der Waals surface area (Å²) in [5, 5.41) is 0. The van der Waals surface area contributed by atoms with Crippen LogP contribution < -0.4 is 9.64 Å². The van der Waals surface area contributed by atoms with Crippen molar-refractivity contribution >= 4 is 17.5 Å². The Bertz CT molecular complexity index is 553. The molecule has 1 aromatic carbocycles. The van der Waals surface area contributed by atoms with Gasteiger partial charge in [-0.2, -0.15) is 0 Å². The molecule has 5 heteroatoms. The molecule has 0 unspecified atom stereocenters. The van der Waals surface area contributed by atoms with Crippen molar-refractivity contribution in [2.24, 2.45) is 0 Å². The van der Waals surface area contributed by atoms with Gasteiger partial charge in [0.25, 0.3) is 5.91 Å². The normalized spacial score (nSPS) is 17.9. The lowest BCUT2D eigenvalue weighted by Gasteiger charge is -2.30. The summed E-state index contributed by atoms with van der Waals surface area (Å²) in [4.78, 5) is 27.9. The summed E-state index contributed by atoms with van der Waals surface area (Å²) in [6.45, 7) is 2.42. The van der Waals surface area contributed by atoms with Gasteiger partial charge in [0.1, 0.15) is 5.75 Å². The van der Waals surface area contributed by atoms with Gasteiger partial charge < -0.3 is 14.5 Å². The number of ether oxygens (including phenoxy) is 1. The monoisotopic (exact) mass is 302 g/mol. The first kappa shape index (κ1) is 14.9. The number of likely N-dealkylation sites (tertiary alicyclic amines) is 1. The Kier molecular flexibility index (Phi) is 4.61. The lowest BCUT2D eigenvalue weighted by molar-refractivity contribution is -0.132. The first-order valence-electron chi connectivity index (χ1n) is 8.06. The van der Waals surface area contributed by atoms with Crippen molar-refractivity contribution in [1.82, 2.24) is 4.90 Å². The van der Waals surface area contributed by atoms with Gasteiger partial charge in [0.15, 0.2) is 6.61 Å². The Morgan fingerprint density at radius 1 is 1.14 bits per heavy atom. The quantitative estimate of drug-likeness (QED) is 0.857. The molecule has 0 N–H and O–H groups in total. The van der Waals surface area contributed by atoms with Gasteiger partial charge in [-0.3, -0.25) is 9.59 Å². The SMILES string of the molecule is O=C(CCCN1C(=O)COc2ccccc21)N1CCCCC1. The minimum Gasteiger partial charge on any atom is -0.482 e. The molecule has 3 rings (SSSR count). The maximum atomic E-state index is 12.2. The third-order valence-corrected chi connectivity index (χ3v) is 4.29. The third-order valence-electron chi connectivity index (χ3n) is 4.29. The van der Waals surface area contributed by atoms with Crippen LogP contribution in [-0.4, -0.2) is 43.0 Å². The number of para-hydroxylation sites is 2. The van der Waals surface area contributed by atoms with E-state index < -0.39 is 0 Å². The van der Waals surface area contributed by atoms with Crippen LogP contribution in [0.4, 0.5) is 5.69 Å². The molecule has 2 aliphatic heterocycles. The highest BCUT2D eigenvalue weighted by atomic mass is 16.5. The molecule has 1 fully saturated rings. The molecule has 118 valence electrons. The van der Waals surface area contributed by atoms with E-state index in [0.717, 1.165) is 37.4 Å². The Morgan fingerprint density at radius 3 is 2.73 bits per heavy atom. The summed E-state index contributed by atoms with van der Waals surface area (Å²) < 4.78 is 5.42. The fraction of sp³-hybridized carbons (Fsp3) is 0.529. The van der Waals surface area contributed by atoms with Crippen LogP contribution in [0.25, 0.3) is 0 Å². The lowest BCUT2D eigenvalue weighted by Crippen LogP contribution is -2.40. The smallest absolute Gasteiger partial charge is 0.265 e. The Morgan fingerprint density at radius 2 is 1.91 bits per heavy atom. The molecule has 0 aliphatic carbocycles. The van der Waals surface area contributed by atoms with Crippen LogP contribution in [0.3, 0.4) is 0 Å². The Labute approximate surface area is 130 Å². The zero-order valence-electron chi connectivity index (χ0n) is 12.8. The van der Waals surface area contributed by atoms with Crippen molar-refractivity contribution in [3.05, 3.63) is 24.3 Å². The second-order valence-corrected chi connectivity index (χ2v) is 5.85. The molecule has 1 aromatic rings. The predicted molar refractivity (Wildman–Crippen MR) is 84.0 cm³/mol. The van der Waals surface area contributed by atoms with E-state index >= 15 is 0 Å². The van der Waals surface area contributed by atoms with Crippen LogP contribution in [0.5, 0.6) is 5.75 Å². The average Bonchev–Trinajstić information content (AvgIpc) is 2.57. The van der Waals surface area contributed by atoms with Crippen molar-refractivity contribution in [1.29, 1.82) is 0 Å². The van der Waals surface area contributed by atoms with Crippen LogP contribution in [0, 0.1) is 0 Å². The molecule has 2 amide bonds. The number of hydrogen-bond donors (Lipinski definition) is 0. The number of benzene rings is 1. The van der Waals surface area contributed by atoms with Crippen LogP contribution >= 0.6 is 0 Å². The summed E-state index contributed by atoms with van der Waals surface area (Å²) in [5.74, 6) is 0.919. The average molecular weight is 302 g/mol. The van der Waals surface area contributed by atoms with Gasteiger partial charge in [-0.25, -0.2) is 0 Å². The molecule has 1 saturated heterocycles. The van der Waals surface area contributed by atoms with Crippen molar-refractivity contribution in [2.45, 2.75) is 32.1 Å².